The summed E-state index contributed by atoms with van der Waals surface area (Å²) in [6.07, 6.45) is 8.84. The van der Waals surface area contributed by atoms with Gasteiger partial charge in [-0.2, -0.15) is 31.6 Å². The second-order valence-corrected chi connectivity index (χ2v) is 13.7. The number of anilines is 2. The third-order valence-corrected chi connectivity index (χ3v) is 8.93. The monoisotopic (exact) mass is 769 g/mol. The fourth-order valence-electron chi connectivity index (χ4n) is 6.00. The van der Waals surface area contributed by atoms with E-state index in [4.69, 9.17) is 14.2 Å². The molecule has 0 spiro atoms. The Hall–Kier alpha value is -8.37. The number of rotatable bonds is 12. The smallest absolute Gasteiger partial charge is 0.411 e. The van der Waals surface area contributed by atoms with E-state index in [1.54, 1.807) is 105 Å². The number of allylic oxidation sites excluding steroid dienone is 4. The van der Waals surface area contributed by atoms with E-state index in [1.807, 2.05) is 36.4 Å². The number of carbonyl (C=O) groups is 1. The molecule has 58 heavy (non-hydrogen) atoms. The highest BCUT2D eigenvalue weighted by Crippen LogP contribution is 2.41. The lowest BCUT2D eigenvalue weighted by Crippen LogP contribution is -2.20. The molecule has 15 heteroatoms. The van der Waals surface area contributed by atoms with Crippen molar-refractivity contribution in [1.82, 2.24) is 15.0 Å². The van der Waals surface area contributed by atoms with Crippen molar-refractivity contribution in [1.29, 1.82) is 31.6 Å². The minimum Gasteiger partial charge on any atom is -0.480 e. The molecule has 1 amide bonds. The molecule has 0 aliphatic carbocycles. The van der Waals surface area contributed by atoms with Crippen LogP contribution in [0.15, 0.2) is 112 Å². The molecule has 0 saturated heterocycles. The van der Waals surface area contributed by atoms with Crippen LogP contribution >= 0.6 is 0 Å². The van der Waals surface area contributed by atoms with Gasteiger partial charge in [0.05, 0.1) is 12.2 Å². The molecule has 5 rings (SSSR count). The van der Waals surface area contributed by atoms with Crippen LogP contribution in [0.25, 0.3) is 12.2 Å². The number of amides is 1. The molecule has 2 aromatic carbocycles. The van der Waals surface area contributed by atoms with Crippen LogP contribution < -0.4 is 10.6 Å². The van der Waals surface area contributed by atoms with Gasteiger partial charge in [-0.1, -0.05) is 53.8 Å². The van der Waals surface area contributed by atoms with Crippen molar-refractivity contribution >= 4 is 29.6 Å². The first kappa shape index (κ1) is 40.8. The summed E-state index contributed by atoms with van der Waals surface area (Å²) in [7, 11) is 0. The summed E-state index contributed by atoms with van der Waals surface area (Å²) in [5.41, 5.74) is 2.90. The van der Waals surface area contributed by atoms with E-state index in [-0.39, 0.29) is 40.4 Å². The van der Waals surface area contributed by atoms with Gasteiger partial charge in [0.25, 0.3) is 0 Å². The molecule has 1 aromatic heterocycles. The summed E-state index contributed by atoms with van der Waals surface area (Å²) in [5.74, 6) is -0.0268. The number of carbonyl (C=O) groups excluding carboxylic acids is 1. The molecule has 0 bridgehead atoms. The molecule has 0 radical (unpaired) electrons. The molecule has 0 atom stereocenters. The first-order chi connectivity index (χ1) is 27.9. The summed E-state index contributed by atoms with van der Waals surface area (Å²) >= 11 is 0. The number of hydrogen-bond acceptors (Lipinski definition) is 13. The molecule has 2 aliphatic heterocycles. The molecule has 3 aromatic rings. The molecule has 2 aliphatic rings. The van der Waals surface area contributed by atoms with Crippen LogP contribution in [0.2, 0.25) is 0 Å². The van der Waals surface area contributed by atoms with Crippen LogP contribution in [0.1, 0.15) is 44.5 Å². The lowest BCUT2D eigenvalue weighted by Gasteiger charge is -2.20. The Morgan fingerprint density at radius 1 is 0.741 bits per heavy atom. The highest BCUT2D eigenvalue weighted by Gasteiger charge is 2.39. The SMILES string of the molecule is CC1(C)OC(=C(C#N)C#N)C(C#N)=C1C=Cc1ccc(NCCc2cn(CCOC(=O)Nc3ccc(C=CC4=C(C#N)C(=C(C#N)C#N)OC4(C)C)cc3)nn2)cc1. The van der Waals surface area contributed by atoms with Gasteiger partial charge < -0.3 is 19.5 Å². The predicted octanol–water partition coefficient (Wildman–Crippen LogP) is 7.07. The lowest BCUT2D eigenvalue weighted by atomic mass is 9.94. The summed E-state index contributed by atoms with van der Waals surface area (Å²) < 4.78 is 18.5. The van der Waals surface area contributed by atoms with Crippen molar-refractivity contribution in [2.45, 2.75) is 51.9 Å². The highest BCUT2D eigenvalue weighted by molar-refractivity contribution is 5.84. The van der Waals surface area contributed by atoms with Gasteiger partial charge in [0, 0.05) is 41.7 Å². The van der Waals surface area contributed by atoms with E-state index in [0.29, 0.717) is 36.3 Å². The number of nitriles is 6. The topological polar surface area (TPSA) is 242 Å². The molecule has 0 unspecified atom stereocenters. The quantitative estimate of drug-likeness (QED) is 0.175. The van der Waals surface area contributed by atoms with Crippen molar-refractivity contribution in [2.75, 3.05) is 23.8 Å². The Morgan fingerprint density at radius 2 is 1.22 bits per heavy atom. The Morgan fingerprint density at radius 3 is 1.69 bits per heavy atom. The van der Waals surface area contributed by atoms with Crippen LogP contribution in [0, 0.1) is 68.0 Å². The zero-order valence-corrected chi connectivity index (χ0v) is 32.0. The standard InChI is InChI=1S/C43H35N11O4/c1-42(2)37(35(25-48)39(57-42)30(21-44)22-45)15-9-28-5-11-32(12-6-28)50-18-17-34-27-54(53-52-34)19-20-56-41(55)51-33-13-7-29(8-14-33)10-16-38-36(26-49)40(31(23-46)24-47)58-43(38,3)4/h5-16,27,50H,17-20H2,1-4H3,(H,51,55). The Kier molecular flexibility index (Phi) is 12.6. The Bertz CT molecular complexity index is 2530. The van der Waals surface area contributed by atoms with Gasteiger partial charge in [0.15, 0.2) is 22.7 Å². The third kappa shape index (κ3) is 9.46. The fourth-order valence-corrected chi connectivity index (χ4v) is 6.00. The molecular formula is C43H35N11O4. The van der Waals surface area contributed by atoms with E-state index in [0.717, 1.165) is 22.5 Å². The van der Waals surface area contributed by atoms with E-state index in [2.05, 4.69) is 27.0 Å². The maximum Gasteiger partial charge on any atom is 0.411 e. The number of nitrogens with one attached hydrogen (secondary N) is 2. The van der Waals surface area contributed by atoms with Gasteiger partial charge in [-0.3, -0.25) is 5.32 Å². The van der Waals surface area contributed by atoms with E-state index < -0.39 is 17.3 Å². The maximum atomic E-state index is 12.4. The minimum atomic E-state index is -0.923. The largest absolute Gasteiger partial charge is 0.480 e. The van der Waals surface area contributed by atoms with E-state index in [9.17, 15) is 36.4 Å². The summed E-state index contributed by atoms with van der Waals surface area (Å²) in [5, 5.41) is 70.8. The second kappa shape index (κ2) is 17.8. The van der Waals surface area contributed by atoms with Gasteiger partial charge in [0.1, 0.15) is 65.4 Å². The van der Waals surface area contributed by atoms with E-state index >= 15 is 0 Å². The van der Waals surface area contributed by atoms with Crippen LogP contribution in [-0.2, 0) is 27.2 Å². The number of ether oxygens (including phenoxy) is 3. The van der Waals surface area contributed by atoms with Gasteiger partial charge in [0.2, 0.25) is 0 Å². The summed E-state index contributed by atoms with van der Waals surface area (Å²) in [4.78, 5) is 12.4. The highest BCUT2D eigenvalue weighted by atomic mass is 16.5. The number of aromatic nitrogens is 3. The van der Waals surface area contributed by atoms with Gasteiger partial charge in [-0.25, -0.2) is 9.48 Å². The maximum absolute atomic E-state index is 12.4. The third-order valence-electron chi connectivity index (χ3n) is 8.93. The molecule has 0 saturated carbocycles. The minimum absolute atomic E-state index is 0.000831. The first-order valence-corrected chi connectivity index (χ1v) is 17.8. The van der Waals surface area contributed by atoms with Crippen molar-refractivity contribution in [3.63, 3.8) is 0 Å². The summed E-state index contributed by atoms with van der Waals surface area (Å²) in [6.45, 7) is 8.00. The predicted molar refractivity (Wildman–Crippen MR) is 210 cm³/mol. The van der Waals surface area contributed by atoms with Crippen molar-refractivity contribution in [3.8, 4) is 36.4 Å². The first-order valence-electron chi connectivity index (χ1n) is 17.8. The van der Waals surface area contributed by atoms with Gasteiger partial charge >= 0.3 is 6.09 Å². The van der Waals surface area contributed by atoms with Gasteiger partial charge in [-0.15, -0.1) is 5.10 Å². The Balaban J connectivity index is 1.05. The zero-order chi connectivity index (χ0) is 41.9. The molecule has 15 nitrogen and oxygen atoms in total. The number of nitrogens with zero attached hydrogens (tertiary/aromatic N) is 9. The zero-order valence-electron chi connectivity index (χ0n) is 32.0. The summed E-state index contributed by atoms with van der Waals surface area (Å²) in [6, 6.07) is 25.9. The normalized spacial score (nSPS) is 15.0. The second-order valence-electron chi connectivity index (χ2n) is 13.7. The molecule has 2 N–H and O–H groups in total. The van der Waals surface area contributed by atoms with E-state index in [1.165, 1.54) is 0 Å². The van der Waals surface area contributed by atoms with Crippen molar-refractivity contribution < 1.29 is 19.0 Å². The van der Waals surface area contributed by atoms with Crippen molar-refractivity contribution in [2.24, 2.45) is 0 Å². The number of benzene rings is 2. The van der Waals surface area contributed by atoms with Crippen LogP contribution in [0.3, 0.4) is 0 Å². The molecule has 0 fully saturated rings. The van der Waals surface area contributed by atoms with Crippen LogP contribution in [0.5, 0.6) is 0 Å². The van der Waals surface area contributed by atoms with Crippen LogP contribution in [-0.4, -0.2) is 45.4 Å². The molecular weight excluding hydrogens is 735 g/mol. The van der Waals surface area contributed by atoms with Crippen molar-refractivity contribution in [3.05, 3.63) is 129 Å². The molecule has 3 heterocycles. The number of hydrogen-bond donors (Lipinski definition) is 2. The fraction of sp³-hybridized carbons (Fsp3) is 0.233. The lowest BCUT2D eigenvalue weighted by molar-refractivity contribution is 0.0951. The average Bonchev–Trinajstić information content (AvgIpc) is 3.84. The average molecular weight is 770 g/mol. The Labute approximate surface area is 335 Å². The van der Waals surface area contributed by atoms with Gasteiger partial charge in [-0.05, 0) is 63.1 Å². The van der Waals surface area contributed by atoms with Crippen LogP contribution in [0.4, 0.5) is 16.2 Å². The molecule has 286 valence electrons.